The number of carbonyl (C=O) groups excluding carboxylic acids is 1. The van der Waals surface area contributed by atoms with Gasteiger partial charge in [0, 0.05) is 0 Å². The van der Waals surface area contributed by atoms with Crippen LogP contribution in [-0.4, -0.2) is 40.9 Å². The Bertz CT molecular complexity index is 291. The van der Waals surface area contributed by atoms with Crippen molar-refractivity contribution in [1.29, 1.82) is 0 Å². The van der Waals surface area contributed by atoms with E-state index in [-0.39, 0.29) is 6.42 Å². The molecule has 1 aromatic rings. The van der Waals surface area contributed by atoms with Crippen LogP contribution in [0.1, 0.15) is 5.76 Å². The topological polar surface area (TPSA) is 90.9 Å². The predicted octanol–water partition coefficient (Wildman–Crippen LogP) is -0.645. The van der Waals surface area contributed by atoms with E-state index in [1.165, 1.54) is 6.26 Å². The van der Waals surface area contributed by atoms with Crippen LogP contribution in [0.4, 0.5) is 0 Å². The van der Waals surface area contributed by atoms with Crippen LogP contribution in [0.3, 0.4) is 0 Å². The molecule has 0 radical (unpaired) electrons. The molecule has 0 bridgehead atoms. The monoisotopic (exact) mass is 214 g/mol. The third-order valence-corrected chi connectivity index (χ3v) is 2.41. The summed E-state index contributed by atoms with van der Waals surface area (Å²) < 4.78 is 4.97. The molecule has 0 amide bonds. The summed E-state index contributed by atoms with van der Waals surface area (Å²) in [6, 6.07) is 3.26. The average molecular weight is 214 g/mol. The molecule has 0 aliphatic carbocycles. The maximum Gasteiger partial charge on any atom is 0.153 e. The van der Waals surface area contributed by atoms with E-state index >= 15 is 0 Å². The van der Waals surface area contributed by atoms with Gasteiger partial charge in [-0.1, -0.05) is 0 Å². The number of hydrogen-bond acceptors (Lipinski definition) is 5. The molecule has 84 valence electrons. The van der Waals surface area contributed by atoms with Crippen molar-refractivity contribution < 1.29 is 24.5 Å². The lowest BCUT2D eigenvalue weighted by molar-refractivity contribution is -0.136. The first kappa shape index (κ1) is 11.9. The van der Waals surface area contributed by atoms with Crippen molar-refractivity contribution >= 4 is 5.78 Å². The lowest BCUT2D eigenvalue weighted by Gasteiger charge is -2.24. The van der Waals surface area contributed by atoms with Gasteiger partial charge in [0.15, 0.2) is 5.78 Å². The first-order valence-electron chi connectivity index (χ1n) is 4.57. The molecule has 0 fully saturated rings. The molecule has 0 atom stereocenters. The SMILES string of the molecule is O=C(Cc1ccco1)C(CO)(CO)CO. The van der Waals surface area contributed by atoms with Crippen LogP contribution < -0.4 is 0 Å². The Hall–Kier alpha value is -1.17. The van der Waals surface area contributed by atoms with Crippen LogP contribution >= 0.6 is 0 Å². The van der Waals surface area contributed by atoms with Gasteiger partial charge in [0.25, 0.3) is 0 Å². The molecule has 0 aliphatic rings. The fourth-order valence-corrected chi connectivity index (χ4v) is 1.17. The van der Waals surface area contributed by atoms with Gasteiger partial charge in [-0.25, -0.2) is 0 Å². The number of rotatable bonds is 6. The minimum atomic E-state index is -1.48. The third-order valence-electron chi connectivity index (χ3n) is 2.41. The number of ketones is 1. The van der Waals surface area contributed by atoms with Crippen molar-refractivity contribution in [3.63, 3.8) is 0 Å². The zero-order valence-electron chi connectivity index (χ0n) is 8.22. The summed E-state index contributed by atoms with van der Waals surface area (Å²) in [7, 11) is 0. The van der Waals surface area contributed by atoms with Crippen LogP contribution in [0.25, 0.3) is 0 Å². The molecule has 1 rings (SSSR count). The van der Waals surface area contributed by atoms with Crippen molar-refractivity contribution in [2.24, 2.45) is 5.41 Å². The fraction of sp³-hybridized carbons (Fsp3) is 0.500. The Kier molecular flexibility index (Phi) is 4.02. The maximum atomic E-state index is 11.7. The Morgan fingerprint density at radius 3 is 2.27 bits per heavy atom. The minimum Gasteiger partial charge on any atom is -0.469 e. The molecule has 3 N–H and O–H groups in total. The highest BCUT2D eigenvalue weighted by Gasteiger charge is 2.36. The lowest BCUT2D eigenvalue weighted by Crippen LogP contribution is -2.43. The number of hydrogen-bond donors (Lipinski definition) is 3. The zero-order valence-corrected chi connectivity index (χ0v) is 8.22. The standard InChI is InChI=1S/C10H14O5/c11-5-10(6-12,7-13)9(14)4-8-2-1-3-15-8/h1-3,11-13H,4-7H2. The molecule has 5 heteroatoms. The molecular weight excluding hydrogens is 200 g/mol. The second kappa shape index (κ2) is 5.06. The summed E-state index contributed by atoms with van der Waals surface area (Å²) in [6.45, 7) is -1.75. The van der Waals surface area contributed by atoms with E-state index in [0.717, 1.165) is 0 Å². The van der Waals surface area contributed by atoms with Gasteiger partial charge in [-0.2, -0.15) is 0 Å². The molecule has 15 heavy (non-hydrogen) atoms. The van der Waals surface area contributed by atoms with E-state index in [9.17, 15) is 4.79 Å². The van der Waals surface area contributed by atoms with Crippen LogP contribution in [0, 0.1) is 5.41 Å². The van der Waals surface area contributed by atoms with Crippen LogP contribution in [-0.2, 0) is 11.2 Å². The smallest absolute Gasteiger partial charge is 0.153 e. The summed E-state index contributed by atoms with van der Waals surface area (Å²) in [5.74, 6) is 0.00433. The molecule has 1 heterocycles. The Balaban J connectivity index is 2.73. The summed E-state index contributed by atoms with van der Waals surface area (Å²) in [5, 5.41) is 27.0. The number of furan rings is 1. The first-order valence-corrected chi connectivity index (χ1v) is 4.57. The highest BCUT2D eigenvalue weighted by atomic mass is 16.3. The quantitative estimate of drug-likeness (QED) is 0.585. The summed E-state index contributed by atoms with van der Waals surface area (Å²) >= 11 is 0. The Labute approximate surface area is 87.0 Å². The van der Waals surface area contributed by atoms with Gasteiger partial charge in [0.1, 0.15) is 5.76 Å². The van der Waals surface area contributed by atoms with Crippen molar-refractivity contribution in [3.8, 4) is 0 Å². The fourth-order valence-electron chi connectivity index (χ4n) is 1.17. The summed E-state index contributed by atoms with van der Waals surface area (Å²) in [4.78, 5) is 11.7. The van der Waals surface area contributed by atoms with Gasteiger partial charge in [-0.15, -0.1) is 0 Å². The van der Waals surface area contributed by atoms with E-state index in [1.54, 1.807) is 12.1 Å². The van der Waals surface area contributed by atoms with Gasteiger partial charge in [-0.05, 0) is 12.1 Å². The molecule has 0 unspecified atom stereocenters. The molecule has 5 nitrogen and oxygen atoms in total. The number of aliphatic hydroxyl groups is 3. The van der Waals surface area contributed by atoms with E-state index < -0.39 is 31.0 Å². The molecule has 0 aromatic carbocycles. The van der Waals surface area contributed by atoms with Gasteiger partial charge < -0.3 is 19.7 Å². The van der Waals surface area contributed by atoms with Gasteiger partial charge in [0.05, 0.1) is 37.9 Å². The third kappa shape index (κ3) is 2.44. The van der Waals surface area contributed by atoms with Crippen molar-refractivity contribution in [1.82, 2.24) is 0 Å². The Morgan fingerprint density at radius 2 is 1.87 bits per heavy atom. The number of Topliss-reactive ketones (excluding diaryl/α,β-unsaturated/α-hetero) is 1. The van der Waals surface area contributed by atoms with E-state index in [2.05, 4.69) is 0 Å². The van der Waals surface area contributed by atoms with Crippen LogP contribution in [0.2, 0.25) is 0 Å². The highest BCUT2D eigenvalue weighted by Crippen LogP contribution is 2.19. The summed E-state index contributed by atoms with van der Waals surface area (Å²) in [5.41, 5.74) is -1.48. The van der Waals surface area contributed by atoms with Crippen LogP contribution in [0.15, 0.2) is 22.8 Å². The largest absolute Gasteiger partial charge is 0.469 e. The van der Waals surface area contributed by atoms with E-state index in [0.29, 0.717) is 5.76 Å². The molecule has 0 aliphatic heterocycles. The van der Waals surface area contributed by atoms with Gasteiger partial charge in [-0.3, -0.25) is 4.79 Å². The highest BCUT2D eigenvalue weighted by molar-refractivity contribution is 5.86. The van der Waals surface area contributed by atoms with Crippen molar-refractivity contribution in [3.05, 3.63) is 24.2 Å². The molecule has 0 saturated carbocycles. The van der Waals surface area contributed by atoms with Crippen molar-refractivity contribution in [2.75, 3.05) is 19.8 Å². The molecule has 1 aromatic heterocycles. The van der Waals surface area contributed by atoms with E-state index in [4.69, 9.17) is 19.7 Å². The van der Waals surface area contributed by atoms with Gasteiger partial charge >= 0.3 is 0 Å². The second-order valence-corrected chi connectivity index (χ2v) is 3.43. The van der Waals surface area contributed by atoms with Gasteiger partial charge in [0.2, 0.25) is 0 Å². The molecule has 0 spiro atoms. The minimum absolute atomic E-state index is 0.0469. The molecular formula is C10H14O5. The maximum absolute atomic E-state index is 11.7. The lowest BCUT2D eigenvalue weighted by atomic mass is 9.84. The zero-order chi connectivity index (χ0) is 11.3. The van der Waals surface area contributed by atoms with Crippen molar-refractivity contribution in [2.45, 2.75) is 6.42 Å². The summed E-state index contributed by atoms with van der Waals surface area (Å²) in [6.07, 6.45) is 1.38. The predicted molar refractivity (Wildman–Crippen MR) is 51.1 cm³/mol. The second-order valence-electron chi connectivity index (χ2n) is 3.43. The van der Waals surface area contributed by atoms with E-state index in [1.807, 2.05) is 0 Å². The first-order chi connectivity index (χ1) is 7.18. The number of aliphatic hydroxyl groups excluding tert-OH is 3. The Morgan fingerprint density at radius 1 is 1.27 bits per heavy atom. The molecule has 0 saturated heterocycles. The average Bonchev–Trinajstić information content (AvgIpc) is 2.74. The van der Waals surface area contributed by atoms with Crippen LogP contribution in [0.5, 0.6) is 0 Å². The normalized spacial score (nSPS) is 11.7. The number of carbonyl (C=O) groups is 1.